The Morgan fingerprint density at radius 1 is 1.43 bits per heavy atom. The van der Waals surface area contributed by atoms with E-state index in [4.69, 9.17) is 4.42 Å². The molecule has 21 heavy (non-hydrogen) atoms. The lowest BCUT2D eigenvalue weighted by Gasteiger charge is -2.04. The maximum Gasteiger partial charge on any atom is 0.236 e. The molecule has 0 saturated heterocycles. The van der Waals surface area contributed by atoms with Gasteiger partial charge in [0.2, 0.25) is 15.9 Å². The maximum absolute atomic E-state index is 11.7. The molecule has 0 unspecified atom stereocenters. The van der Waals surface area contributed by atoms with E-state index in [-0.39, 0.29) is 5.75 Å². The Hall–Kier alpha value is -1.18. The van der Waals surface area contributed by atoms with E-state index in [2.05, 4.69) is 9.71 Å². The minimum absolute atomic E-state index is 0.182. The number of rotatable bonds is 8. The van der Waals surface area contributed by atoms with E-state index >= 15 is 0 Å². The van der Waals surface area contributed by atoms with Crippen molar-refractivity contribution in [3.05, 3.63) is 29.0 Å². The summed E-state index contributed by atoms with van der Waals surface area (Å²) in [4.78, 5) is 5.42. The predicted molar refractivity (Wildman–Crippen MR) is 85.0 cm³/mol. The molecule has 2 heterocycles. The van der Waals surface area contributed by atoms with Crippen molar-refractivity contribution in [3.63, 3.8) is 0 Å². The zero-order valence-electron chi connectivity index (χ0n) is 12.3. The molecule has 2 aromatic heterocycles. The van der Waals surface area contributed by atoms with E-state index in [1.54, 1.807) is 11.3 Å². The zero-order chi connectivity index (χ0) is 15.3. The largest absolute Gasteiger partial charge is 0.440 e. The van der Waals surface area contributed by atoms with Gasteiger partial charge < -0.3 is 4.42 Å². The molecule has 0 bridgehead atoms. The highest BCUT2D eigenvalue weighted by molar-refractivity contribution is 7.89. The van der Waals surface area contributed by atoms with E-state index < -0.39 is 10.0 Å². The van der Waals surface area contributed by atoms with Gasteiger partial charge in [0.1, 0.15) is 5.76 Å². The first-order chi connectivity index (χ1) is 10.0. The Labute approximate surface area is 129 Å². The van der Waals surface area contributed by atoms with Crippen LogP contribution in [0.4, 0.5) is 0 Å². The number of hydrogen-bond acceptors (Lipinski definition) is 5. The molecule has 0 radical (unpaired) electrons. The minimum Gasteiger partial charge on any atom is -0.440 e. The average molecular weight is 328 g/mol. The zero-order valence-corrected chi connectivity index (χ0v) is 13.9. The first-order valence-corrected chi connectivity index (χ1v) is 9.52. The number of nitrogens with one attached hydrogen (secondary N) is 1. The van der Waals surface area contributed by atoms with Gasteiger partial charge in [-0.2, -0.15) is 0 Å². The predicted octanol–water partition coefficient (Wildman–Crippen LogP) is 2.97. The van der Waals surface area contributed by atoms with Crippen molar-refractivity contribution in [1.29, 1.82) is 0 Å². The molecular weight excluding hydrogens is 308 g/mol. The topological polar surface area (TPSA) is 72.2 Å². The lowest BCUT2D eigenvalue weighted by atomic mass is 10.3. The number of thiophene rings is 1. The molecule has 0 aliphatic heterocycles. The summed E-state index contributed by atoms with van der Waals surface area (Å²) in [7, 11) is -3.17. The second-order valence-electron chi connectivity index (χ2n) is 4.82. The summed E-state index contributed by atoms with van der Waals surface area (Å²) < 4.78 is 31.6. The number of unbranched alkanes of at least 4 members (excludes halogenated alkanes) is 1. The fraction of sp³-hybridized carbons (Fsp3) is 0.500. The van der Waals surface area contributed by atoms with Crippen molar-refractivity contribution in [3.8, 4) is 10.8 Å². The minimum atomic E-state index is -3.17. The number of nitrogens with zero attached hydrogens (tertiary/aromatic N) is 1. The second-order valence-corrected chi connectivity index (χ2v) is 7.69. The summed E-state index contributed by atoms with van der Waals surface area (Å²) in [5.74, 6) is 1.53. The molecule has 5 nitrogen and oxygen atoms in total. The molecular formula is C14H20N2O3S2. The van der Waals surface area contributed by atoms with Crippen LogP contribution in [0.5, 0.6) is 0 Å². The summed E-state index contributed by atoms with van der Waals surface area (Å²) in [5, 5.41) is 1.97. The first-order valence-electron chi connectivity index (χ1n) is 6.99. The molecule has 0 aliphatic carbocycles. The van der Waals surface area contributed by atoms with E-state index in [0.717, 1.165) is 22.8 Å². The molecule has 0 fully saturated rings. The Morgan fingerprint density at radius 3 is 2.90 bits per heavy atom. The van der Waals surface area contributed by atoms with Crippen molar-refractivity contribution in [2.45, 2.75) is 33.1 Å². The number of aromatic nitrogens is 1. The van der Waals surface area contributed by atoms with E-state index in [9.17, 15) is 8.42 Å². The summed E-state index contributed by atoms with van der Waals surface area (Å²) in [6, 6.07) is 3.90. The van der Waals surface area contributed by atoms with Gasteiger partial charge in [-0.1, -0.05) is 19.4 Å². The van der Waals surface area contributed by atoms with Crippen molar-refractivity contribution in [2.24, 2.45) is 0 Å². The standard InChI is InChI=1S/C14H20N2O3S2/c1-3-4-10-21(17,18)15-8-7-12-11(2)19-14(16-12)13-6-5-9-20-13/h5-6,9,15H,3-4,7-8,10H2,1-2H3. The van der Waals surface area contributed by atoms with Gasteiger partial charge >= 0.3 is 0 Å². The van der Waals surface area contributed by atoms with Crippen molar-refractivity contribution < 1.29 is 12.8 Å². The molecule has 2 aromatic rings. The van der Waals surface area contributed by atoms with Crippen LogP contribution in [-0.4, -0.2) is 25.7 Å². The second kappa shape index (κ2) is 7.20. The molecule has 116 valence electrons. The first kappa shape index (κ1) is 16.2. The number of aryl methyl sites for hydroxylation is 1. The van der Waals surface area contributed by atoms with Crippen LogP contribution in [0.25, 0.3) is 10.8 Å². The van der Waals surface area contributed by atoms with Gasteiger partial charge in [-0.05, 0) is 24.8 Å². The highest BCUT2D eigenvalue weighted by Crippen LogP contribution is 2.25. The van der Waals surface area contributed by atoms with Crippen molar-refractivity contribution >= 4 is 21.4 Å². The van der Waals surface area contributed by atoms with Crippen LogP contribution in [-0.2, 0) is 16.4 Å². The third kappa shape index (κ3) is 4.66. The number of hydrogen-bond donors (Lipinski definition) is 1. The third-order valence-electron chi connectivity index (χ3n) is 3.08. The van der Waals surface area contributed by atoms with Crippen molar-refractivity contribution in [2.75, 3.05) is 12.3 Å². The monoisotopic (exact) mass is 328 g/mol. The van der Waals surface area contributed by atoms with Gasteiger partial charge in [0.05, 0.1) is 16.3 Å². The molecule has 0 spiro atoms. The Morgan fingerprint density at radius 2 is 2.24 bits per heavy atom. The quantitative estimate of drug-likeness (QED) is 0.808. The number of oxazole rings is 1. The van der Waals surface area contributed by atoms with E-state index in [1.807, 2.05) is 31.4 Å². The van der Waals surface area contributed by atoms with Crippen molar-refractivity contribution in [1.82, 2.24) is 9.71 Å². The molecule has 2 rings (SSSR count). The molecule has 0 aromatic carbocycles. The van der Waals surface area contributed by atoms with Gasteiger partial charge in [0.25, 0.3) is 0 Å². The van der Waals surface area contributed by atoms with E-state index in [1.165, 1.54) is 0 Å². The molecule has 0 saturated carbocycles. The summed E-state index contributed by atoms with van der Waals surface area (Å²) in [5.41, 5.74) is 0.802. The summed E-state index contributed by atoms with van der Waals surface area (Å²) in [6.07, 6.45) is 2.08. The van der Waals surface area contributed by atoms with Crippen LogP contribution < -0.4 is 4.72 Å². The normalized spacial score (nSPS) is 11.9. The molecule has 0 atom stereocenters. The lowest BCUT2D eigenvalue weighted by Crippen LogP contribution is -2.28. The average Bonchev–Trinajstić information content (AvgIpc) is 3.06. The molecule has 7 heteroatoms. The molecule has 0 amide bonds. The van der Waals surface area contributed by atoms with Gasteiger partial charge in [-0.25, -0.2) is 18.1 Å². The fourth-order valence-corrected chi connectivity index (χ4v) is 3.77. The third-order valence-corrected chi connectivity index (χ3v) is 5.40. The summed E-state index contributed by atoms with van der Waals surface area (Å²) >= 11 is 1.57. The fourth-order valence-electron chi connectivity index (χ4n) is 1.90. The Kier molecular flexibility index (Phi) is 5.55. The SMILES string of the molecule is CCCCS(=O)(=O)NCCc1nc(-c2cccs2)oc1C. The highest BCUT2D eigenvalue weighted by atomic mass is 32.2. The van der Waals surface area contributed by atoms with Crippen LogP contribution in [0, 0.1) is 6.92 Å². The van der Waals surface area contributed by atoms with Crippen LogP contribution >= 0.6 is 11.3 Å². The summed E-state index contributed by atoms with van der Waals surface area (Å²) in [6.45, 7) is 4.18. The Bertz CT molecular complexity index is 660. The van der Waals surface area contributed by atoms with Crippen LogP contribution in [0.15, 0.2) is 21.9 Å². The van der Waals surface area contributed by atoms with Crippen LogP contribution in [0.1, 0.15) is 31.2 Å². The highest BCUT2D eigenvalue weighted by Gasteiger charge is 2.13. The number of sulfonamides is 1. The van der Waals surface area contributed by atoms with E-state index in [0.29, 0.717) is 25.3 Å². The van der Waals surface area contributed by atoms with Gasteiger partial charge in [0, 0.05) is 13.0 Å². The van der Waals surface area contributed by atoms with Gasteiger partial charge in [-0.15, -0.1) is 11.3 Å². The Balaban J connectivity index is 1.92. The smallest absolute Gasteiger partial charge is 0.236 e. The van der Waals surface area contributed by atoms with Crippen LogP contribution in [0.3, 0.4) is 0 Å². The maximum atomic E-state index is 11.7. The molecule has 0 aliphatic rings. The molecule has 1 N–H and O–H groups in total. The van der Waals surface area contributed by atoms with Gasteiger partial charge in [0.15, 0.2) is 0 Å². The lowest BCUT2D eigenvalue weighted by molar-refractivity contribution is 0.539. The van der Waals surface area contributed by atoms with Gasteiger partial charge in [-0.3, -0.25) is 0 Å². The van der Waals surface area contributed by atoms with Crippen LogP contribution in [0.2, 0.25) is 0 Å².